The van der Waals surface area contributed by atoms with Crippen molar-refractivity contribution >= 4 is 46.3 Å². The van der Waals surface area contributed by atoms with Crippen molar-refractivity contribution in [2.75, 3.05) is 14.2 Å². The monoisotopic (exact) mass is 352 g/mol. The number of hydrogen-bond donors (Lipinski definition) is 0. The number of ether oxygens (including phenoxy) is 2. The smallest absolute Gasteiger partial charge is 0.266 e. The molecule has 6 nitrogen and oxygen atoms in total. The van der Waals surface area contributed by atoms with Crippen molar-refractivity contribution in [2.45, 2.75) is 13.0 Å². The third-order valence-electron chi connectivity index (χ3n) is 3.28. The van der Waals surface area contributed by atoms with Gasteiger partial charge in [0.25, 0.3) is 5.91 Å². The maximum absolute atomic E-state index is 12.4. The van der Waals surface area contributed by atoms with Gasteiger partial charge in [0, 0.05) is 11.6 Å². The Morgan fingerprint density at radius 2 is 2.09 bits per heavy atom. The largest absolute Gasteiger partial charge is 0.548 e. The average molecular weight is 352 g/mol. The molecule has 1 saturated heterocycles. The second kappa shape index (κ2) is 7.01. The summed E-state index contributed by atoms with van der Waals surface area (Å²) < 4.78 is 10.6. The van der Waals surface area contributed by atoms with Crippen LogP contribution in [0.2, 0.25) is 0 Å². The zero-order valence-electron chi connectivity index (χ0n) is 12.7. The minimum Gasteiger partial charge on any atom is -0.548 e. The summed E-state index contributed by atoms with van der Waals surface area (Å²) >= 11 is 6.13. The molecule has 2 rings (SSSR count). The molecule has 1 aliphatic heterocycles. The van der Waals surface area contributed by atoms with E-state index in [2.05, 4.69) is 0 Å². The van der Waals surface area contributed by atoms with Crippen LogP contribution in [-0.2, 0) is 9.59 Å². The van der Waals surface area contributed by atoms with E-state index in [-0.39, 0.29) is 4.32 Å². The normalized spacial score (nSPS) is 17.5. The molecule has 0 spiro atoms. The number of nitrogens with zero attached hydrogens (tertiary/aromatic N) is 1. The first-order valence-electron chi connectivity index (χ1n) is 6.59. The molecule has 0 radical (unpaired) electrons. The fraction of sp³-hybridized carbons (Fsp3) is 0.267. The Kier molecular flexibility index (Phi) is 5.27. The molecule has 1 atom stereocenters. The van der Waals surface area contributed by atoms with Gasteiger partial charge in [-0.15, -0.1) is 0 Å². The van der Waals surface area contributed by atoms with Crippen LogP contribution in [0.5, 0.6) is 11.5 Å². The summed E-state index contributed by atoms with van der Waals surface area (Å²) in [7, 11) is 3.05. The van der Waals surface area contributed by atoms with Crippen LogP contribution in [0.4, 0.5) is 0 Å². The molecular weight excluding hydrogens is 338 g/mol. The zero-order valence-corrected chi connectivity index (χ0v) is 14.3. The number of aliphatic carboxylic acids is 1. The minimum absolute atomic E-state index is 0.186. The summed E-state index contributed by atoms with van der Waals surface area (Å²) in [5.41, 5.74) is 0.662. The SMILES string of the molecule is COc1ccc(C=C2SC(=S)N(C(C)C(=O)[O-])C2=O)c(OC)c1. The lowest BCUT2D eigenvalue weighted by Crippen LogP contribution is -2.48. The number of thioether (sulfide) groups is 1. The summed E-state index contributed by atoms with van der Waals surface area (Å²) in [6, 6.07) is 4.05. The summed E-state index contributed by atoms with van der Waals surface area (Å²) in [6.45, 7) is 1.36. The minimum atomic E-state index is -1.36. The quantitative estimate of drug-likeness (QED) is 0.579. The van der Waals surface area contributed by atoms with E-state index in [1.807, 2.05) is 0 Å². The van der Waals surface area contributed by atoms with E-state index in [1.165, 1.54) is 14.0 Å². The molecule has 0 N–H and O–H groups in total. The van der Waals surface area contributed by atoms with E-state index in [9.17, 15) is 14.7 Å². The maximum Gasteiger partial charge on any atom is 0.266 e. The summed E-state index contributed by atoms with van der Waals surface area (Å²) in [4.78, 5) is 24.7. The predicted molar refractivity (Wildman–Crippen MR) is 89.0 cm³/mol. The van der Waals surface area contributed by atoms with Crippen LogP contribution < -0.4 is 14.6 Å². The summed E-state index contributed by atoms with van der Waals surface area (Å²) in [5.74, 6) is -0.668. The van der Waals surface area contributed by atoms with E-state index < -0.39 is 17.9 Å². The second-order valence-electron chi connectivity index (χ2n) is 4.65. The lowest BCUT2D eigenvalue weighted by molar-refractivity contribution is -0.309. The maximum atomic E-state index is 12.4. The van der Waals surface area contributed by atoms with E-state index in [4.69, 9.17) is 21.7 Å². The lowest BCUT2D eigenvalue weighted by atomic mass is 10.1. The van der Waals surface area contributed by atoms with Crippen LogP contribution in [-0.4, -0.2) is 41.4 Å². The Morgan fingerprint density at radius 1 is 1.39 bits per heavy atom. The number of carbonyl (C=O) groups excluding carboxylic acids is 2. The highest BCUT2D eigenvalue weighted by molar-refractivity contribution is 8.26. The lowest BCUT2D eigenvalue weighted by Gasteiger charge is -2.23. The molecule has 0 saturated carbocycles. The van der Waals surface area contributed by atoms with Gasteiger partial charge < -0.3 is 19.4 Å². The van der Waals surface area contributed by atoms with Crippen molar-refractivity contribution in [3.63, 3.8) is 0 Å². The number of methoxy groups -OCH3 is 2. The Bertz CT molecular complexity index is 701. The Hall–Kier alpha value is -2.06. The molecule has 0 bridgehead atoms. The van der Waals surface area contributed by atoms with Crippen LogP contribution in [0.1, 0.15) is 12.5 Å². The molecule has 8 heteroatoms. The van der Waals surface area contributed by atoms with Gasteiger partial charge in [0.05, 0.1) is 31.1 Å². The molecule has 1 aromatic rings. The fourth-order valence-corrected chi connectivity index (χ4v) is 3.41. The number of carboxylic acids is 1. The molecule has 122 valence electrons. The van der Waals surface area contributed by atoms with Gasteiger partial charge in [-0.2, -0.15) is 0 Å². The molecule has 1 amide bonds. The Labute approximate surface area is 143 Å². The topological polar surface area (TPSA) is 78.9 Å². The molecule has 1 heterocycles. The number of hydrogen-bond acceptors (Lipinski definition) is 7. The first-order chi connectivity index (χ1) is 10.9. The van der Waals surface area contributed by atoms with Gasteiger partial charge in [-0.25, -0.2) is 0 Å². The zero-order chi connectivity index (χ0) is 17.1. The molecule has 0 aliphatic carbocycles. The first kappa shape index (κ1) is 17.3. The van der Waals surface area contributed by atoms with Gasteiger partial charge in [-0.3, -0.25) is 9.69 Å². The van der Waals surface area contributed by atoms with Gasteiger partial charge in [0.15, 0.2) is 0 Å². The van der Waals surface area contributed by atoms with E-state index in [0.717, 1.165) is 16.7 Å². The average Bonchev–Trinajstić information content (AvgIpc) is 2.80. The summed E-state index contributed by atoms with van der Waals surface area (Å²) in [6.07, 6.45) is 1.61. The number of carbonyl (C=O) groups is 2. The van der Waals surface area contributed by atoms with Gasteiger partial charge in [-0.1, -0.05) is 24.0 Å². The third kappa shape index (κ3) is 3.48. The standard InChI is InChI=1S/C15H15NO5S2/c1-8(14(18)19)16-13(17)12(23-15(16)22)6-9-4-5-10(20-2)7-11(9)21-3/h4-8H,1-3H3,(H,18,19)/p-1. The van der Waals surface area contributed by atoms with Crippen LogP contribution in [0.3, 0.4) is 0 Å². The summed E-state index contributed by atoms with van der Waals surface area (Å²) in [5, 5.41) is 11.0. The molecule has 0 aromatic heterocycles. The van der Waals surface area contributed by atoms with E-state index in [0.29, 0.717) is 22.0 Å². The molecular formula is C15H14NO5S2-. The highest BCUT2D eigenvalue weighted by Gasteiger charge is 2.35. The van der Waals surface area contributed by atoms with Crippen molar-refractivity contribution in [1.29, 1.82) is 0 Å². The molecule has 23 heavy (non-hydrogen) atoms. The van der Waals surface area contributed by atoms with Crippen molar-refractivity contribution < 1.29 is 24.2 Å². The number of amides is 1. The highest BCUT2D eigenvalue weighted by Crippen LogP contribution is 2.36. The van der Waals surface area contributed by atoms with Crippen molar-refractivity contribution in [3.8, 4) is 11.5 Å². The second-order valence-corrected chi connectivity index (χ2v) is 6.33. The third-order valence-corrected chi connectivity index (χ3v) is 4.61. The van der Waals surface area contributed by atoms with Gasteiger partial charge in [0.2, 0.25) is 0 Å². The Balaban J connectivity index is 2.36. The number of carboxylic acid groups (broad SMARTS) is 1. The molecule has 1 aromatic carbocycles. The number of thiocarbonyl (C=S) groups is 1. The number of rotatable bonds is 5. The highest BCUT2D eigenvalue weighted by atomic mass is 32.2. The van der Waals surface area contributed by atoms with E-state index >= 15 is 0 Å². The van der Waals surface area contributed by atoms with Crippen LogP contribution in [0, 0.1) is 0 Å². The van der Waals surface area contributed by atoms with E-state index in [1.54, 1.807) is 31.4 Å². The van der Waals surface area contributed by atoms with Crippen molar-refractivity contribution in [3.05, 3.63) is 28.7 Å². The van der Waals surface area contributed by atoms with Crippen LogP contribution in [0.15, 0.2) is 23.1 Å². The number of benzene rings is 1. The van der Waals surface area contributed by atoms with Crippen LogP contribution in [0.25, 0.3) is 6.08 Å². The van der Waals surface area contributed by atoms with Crippen molar-refractivity contribution in [2.24, 2.45) is 0 Å². The van der Waals surface area contributed by atoms with Gasteiger partial charge in [0.1, 0.15) is 15.8 Å². The fourth-order valence-electron chi connectivity index (χ4n) is 2.00. The van der Waals surface area contributed by atoms with Crippen LogP contribution >= 0.6 is 24.0 Å². The predicted octanol–water partition coefficient (Wildman–Crippen LogP) is 1.04. The molecule has 1 aliphatic rings. The van der Waals surface area contributed by atoms with Crippen molar-refractivity contribution in [1.82, 2.24) is 4.90 Å². The molecule has 1 unspecified atom stereocenters. The first-order valence-corrected chi connectivity index (χ1v) is 7.81. The molecule has 1 fully saturated rings. The Morgan fingerprint density at radius 3 is 2.65 bits per heavy atom. The van der Waals surface area contributed by atoms with Gasteiger partial charge in [-0.05, 0) is 25.1 Å². The van der Waals surface area contributed by atoms with Gasteiger partial charge >= 0.3 is 0 Å².